The third-order valence-electron chi connectivity index (χ3n) is 4.39. The first-order valence-electron chi connectivity index (χ1n) is 10.3. The molecular weight excluding hydrogens is 410 g/mol. The van der Waals surface area contributed by atoms with Crippen LogP contribution in [0.2, 0.25) is 0 Å². The Morgan fingerprint density at radius 2 is 1.75 bits per heavy atom. The monoisotopic (exact) mass is 437 g/mol. The zero-order valence-corrected chi connectivity index (χ0v) is 18.6. The highest BCUT2D eigenvalue weighted by Gasteiger charge is 2.19. The molecule has 1 heterocycles. The van der Waals surface area contributed by atoms with Crippen LogP contribution >= 0.6 is 0 Å². The van der Waals surface area contributed by atoms with Gasteiger partial charge >= 0.3 is 12.1 Å². The first-order chi connectivity index (χ1) is 15.2. The standard InChI is InChI=1S/C24H27N3O5/c1-5-30-23(29)27-21-19(12-13-26-22(21)25)31-18-11-10-15(14-20(28)32-24(2,3)4)16-8-6-7-9-17(16)18/h6-13H,5,14H2,1-4H3,(H2,25,26)(H,27,29). The summed E-state index contributed by atoms with van der Waals surface area (Å²) in [6.07, 6.45) is 0.963. The average molecular weight is 437 g/mol. The van der Waals surface area contributed by atoms with Gasteiger partial charge in [0.15, 0.2) is 11.6 Å². The van der Waals surface area contributed by atoms with E-state index in [1.165, 1.54) is 6.20 Å². The molecule has 0 radical (unpaired) electrons. The number of aromatic nitrogens is 1. The Labute approximate surface area is 186 Å². The quantitative estimate of drug-likeness (QED) is 0.518. The summed E-state index contributed by atoms with van der Waals surface area (Å²) in [5.74, 6) is 0.641. The minimum absolute atomic E-state index is 0.0985. The number of pyridine rings is 1. The van der Waals surface area contributed by atoms with Crippen LogP contribution in [-0.4, -0.2) is 29.3 Å². The molecule has 0 saturated carbocycles. The molecule has 8 heteroatoms. The van der Waals surface area contributed by atoms with Gasteiger partial charge in [-0.3, -0.25) is 10.1 Å². The normalized spacial score (nSPS) is 11.1. The van der Waals surface area contributed by atoms with Gasteiger partial charge in [0.2, 0.25) is 0 Å². The molecule has 0 aliphatic heterocycles. The molecule has 1 aromatic heterocycles. The van der Waals surface area contributed by atoms with Gasteiger partial charge in [-0.1, -0.05) is 30.3 Å². The van der Waals surface area contributed by atoms with Gasteiger partial charge in [0.1, 0.15) is 17.0 Å². The first kappa shape index (κ1) is 22.9. The maximum Gasteiger partial charge on any atom is 0.411 e. The molecule has 2 aromatic carbocycles. The summed E-state index contributed by atoms with van der Waals surface area (Å²) in [7, 11) is 0. The highest BCUT2D eigenvalue weighted by molar-refractivity contribution is 5.94. The molecule has 0 atom stereocenters. The van der Waals surface area contributed by atoms with Gasteiger partial charge < -0.3 is 19.9 Å². The van der Waals surface area contributed by atoms with Crippen molar-refractivity contribution in [3.8, 4) is 11.5 Å². The number of esters is 1. The van der Waals surface area contributed by atoms with Crippen molar-refractivity contribution in [1.82, 2.24) is 4.98 Å². The topological polar surface area (TPSA) is 113 Å². The van der Waals surface area contributed by atoms with E-state index in [0.717, 1.165) is 16.3 Å². The molecule has 32 heavy (non-hydrogen) atoms. The summed E-state index contributed by atoms with van der Waals surface area (Å²) in [6.45, 7) is 7.42. The molecule has 1 amide bonds. The molecule has 168 valence electrons. The van der Waals surface area contributed by atoms with Crippen LogP contribution in [0.4, 0.5) is 16.3 Å². The van der Waals surface area contributed by atoms with E-state index in [9.17, 15) is 9.59 Å². The van der Waals surface area contributed by atoms with Gasteiger partial charge in [0.25, 0.3) is 0 Å². The molecule has 0 aliphatic rings. The van der Waals surface area contributed by atoms with Crippen molar-refractivity contribution >= 4 is 34.3 Å². The van der Waals surface area contributed by atoms with Gasteiger partial charge in [-0.2, -0.15) is 0 Å². The Balaban J connectivity index is 1.94. The van der Waals surface area contributed by atoms with Gasteiger partial charge in [-0.25, -0.2) is 9.78 Å². The molecule has 3 rings (SSSR count). The summed E-state index contributed by atoms with van der Waals surface area (Å²) in [6, 6.07) is 12.8. The second-order valence-electron chi connectivity index (χ2n) is 8.05. The van der Waals surface area contributed by atoms with Crippen molar-refractivity contribution in [1.29, 1.82) is 0 Å². The fourth-order valence-electron chi connectivity index (χ4n) is 3.17. The number of nitrogens with one attached hydrogen (secondary N) is 1. The number of nitrogens with two attached hydrogens (primary N) is 1. The zero-order chi connectivity index (χ0) is 23.3. The Kier molecular flexibility index (Phi) is 6.82. The lowest BCUT2D eigenvalue weighted by molar-refractivity contribution is -0.153. The number of ether oxygens (including phenoxy) is 3. The third-order valence-corrected chi connectivity index (χ3v) is 4.39. The van der Waals surface area contributed by atoms with Crippen molar-refractivity contribution in [2.24, 2.45) is 0 Å². The Morgan fingerprint density at radius 3 is 2.44 bits per heavy atom. The van der Waals surface area contributed by atoms with E-state index in [1.807, 2.05) is 51.1 Å². The predicted octanol–water partition coefficient (Wildman–Crippen LogP) is 5.06. The lowest BCUT2D eigenvalue weighted by Crippen LogP contribution is -2.24. The van der Waals surface area contributed by atoms with E-state index in [-0.39, 0.29) is 30.5 Å². The van der Waals surface area contributed by atoms with E-state index in [4.69, 9.17) is 19.9 Å². The van der Waals surface area contributed by atoms with Crippen LogP contribution in [0, 0.1) is 0 Å². The SMILES string of the molecule is CCOC(=O)Nc1c(Oc2ccc(CC(=O)OC(C)(C)C)c3ccccc23)ccnc1N. The predicted molar refractivity (Wildman–Crippen MR) is 123 cm³/mol. The van der Waals surface area contributed by atoms with E-state index in [0.29, 0.717) is 11.5 Å². The van der Waals surface area contributed by atoms with Gasteiger partial charge in [-0.05, 0) is 44.7 Å². The van der Waals surface area contributed by atoms with E-state index < -0.39 is 11.7 Å². The van der Waals surface area contributed by atoms with Gasteiger partial charge in [0, 0.05) is 17.6 Å². The van der Waals surface area contributed by atoms with Crippen LogP contribution in [0.15, 0.2) is 48.7 Å². The number of nitrogen functional groups attached to an aromatic ring is 1. The fourth-order valence-corrected chi connectivity index (χ4v) is 3.17. The lowest BCUT2D eigenvalue weighted by Gasteiger charge is -2.20. The molecular formula is C24H27N3O5. The Hall–Kier alpha value is -3.81. The van der Waals surface area contributed by atoms with Crippen LogP contribution in [0.5, 0.6) is 11.5 Å². The zero-order valence-electron chi connectivity index (χ0n) is 18.6. The van der Waals surface area contributed by atoms with Crippen molar-refractivity contribution in [3.05, 3.63) is 54.2 Å². The third kappa shape index (κ3) is 5.66. The van der Waals surface area contributed by atoms with Crippen molar-refractivity contribution in [2.75, 3.05) is 17.7 Å². The molecule has 0 saturated heterocycles. The maximum atomic E-state index is 12.4. The molecule has 0 fully saturated rings. The second kappa shape index (κ2) is 9.55. The smallest absolute Gasteiger partial charge is 0.411 e. The number of hydrogen-bond acceptors (Lipinski definition) is 7. The lowest BCUT2D eigenvalue weighted by atomic mass is 10.0. The second-order valence-corrected chi connectivity index (χ2v) is 8.05. The van der Waals surface area contributed by atoms with Crippen LogP contribution < -0.4 is 15.8 Å². The molecule has 0 aliphatic carbocycles. The summed E-state index contributed by atoms with van der Waals surface area (Å²) < 4.78 is 16.5. The average Bonchev–Trinajstić information content (AvgIpc) is 2.71. The number of rotatable bonds is 6. The molecule has 0 bridgehead atoms. The van der Waals surface area contributed by atoms with E-state index in [1.54, 1.807) is 19.1 Å². The van der Waals surface area contributed by atoms with E-state index >= 15 is 0 Å². The van der Waals surface area contributed by atoms with Crippen molar-refractivity contribution in [2.45, 2.75) is 39.7 Å². The summed E-state index contributed by atoms with van der Waals surface area (Å²) in [5.41, 5.74) is 6.43. The Bertz CT molecular complexity index is 1140. The highest BCUT2D eigenvalue weighted by Crippen LogP contribution is 2.37. The number of amides is 1. The first-order valence-corrected chi connectivity index (χ1v) is 10.3. The number of nitrogens with zero attached hydrogens (tertiary/aromatic N) is 1. The number of carbonyl (C=O) groups is 2. The van der Waals surface area contributed by atoms with Crippen LogP contribution in [0.25, 0.3) is 10.8 Å². The van der Waals surface area contributed by atoms with Crippen molar-refractivity contribution < 1.29 is 23.8 Å². The van der Waals surface area contributed by atoms with Gasteiger partial charge in [-0.15, -0.1) is 0 Å². The van der Waals surface area contributed by atoms with E-state index in [2.05, 4.69) is 10.3 Å². The maximum absolute atomic E-state index is 12.4. The molecule has 0 unspecified atom stereocenters. The number of benzene rings is 2. The fraction of sp³-hybridized carbons (Fsp3) is 0.292. The summed E-state index contributed by atoms with van der Waals surface area (Å²) >= 11 is 0. The Morgan fingerprint density at radius 1 is 1.03 bits per heavy atom. The summed E-state index contributed by atoms with van der Waals surface area (Å²) in [5, 5.41) is 4.23. The molecule has 0 spiro atoms. The highest BCUT2D eigenvalue weighted by atomic mass is 16.6. The minimum Gasteiger partial charge on any atom is -0.460 e. The van der Waals surface area contributed by atoms with Crippen molar-refractivity contribution in [3.63, 3.8) is 0 Å². The number of carbonyl (C=O) groups excluding carboxylic acids is 2. The number of anilines is 2. The molecule has 8 nitrogen and oxygen atoms in total. The largest absolute Gasteiger partial charge is 0.460 e. The van der Waals surface area contributed by atoms with Gasteiger partial charge in [0.05, 0.1) is 13.0 Å². The number of fused-ring (bicyclic) bond motifs is 1. The molecule has 3 N–H and O–H groups in total. The summed E-state index contributed by atoms with van der Waals surface area (Å²) in [4.78, 5) is 28.3. The van der Waals surface area contributed by atoms with Crippen LogP contribution in [-0.2, 0) is 20.7 Å². The molecule has 3 aromatic rings. The van der Waals surface area contributed by atoms with Crippen LogP contribution in [0.1, 0.15) is 33.3 Å². The van der Waals surface area contributed by atoms with Crippen LogP contribution in [0.3, 0.4) is 0 Å². The minimum atomic E-state index is -0.658. The number of hydrogen-bond donors (Lipinski definition) is 2.